The first kappa shape index (κ1) is 23.4. The number of halogens is 1. The summed E-state index contributed by atoms with van der Waals surface area (Å²) in [7, 11) is 0. The summed E-state index contributed by atoms with van der Waals surface area (Å²) in [5, 5.41) is 24.5. The van der Waals surface area contributed by atoms with Gasteiger partial charge in [-0.1, -0.05) is 23.7 Å². The summed E-state index contributed by atoms with van der Waals surface area (Å²) >= 11 is 6.08. The molecule has 0 saturated heterocycles. The topological polar surface area (TPSA) is 111 Å². The SMILES string of the molecule is Cc1cccc(NC(=O)COc2ccc(Cl)cc2/C=C(\C#N)C(=O)Nc2ccc(O)cc2)c1. The highest BCUT2D eigenvalue weighted by molar-refractivity contribution is 6.30. The third kappa shape index (κ3) is 6.86. The molecule has 0 aliphatic heterocycles. The highest BCUT2D eigenvalue weighted by Gasteiger charge is 2.13. The van der Waals surface area contributed by atoms with Gasteiger partial charge in [-0.15, -0.1) is 0 Å². The Labute approximate surface area is 195 Å². The fourth-order valence-electron chi connectivity index (χ4n) is 2.87. The number of amides is 2. The molecule has 3 aromatic rings. The molecule has 3 rings (SSSR count). The van der Waals surface area contributed by atoms with E-state index in [-0.39, 0.29) is 29.6 Å². The summed E-state index contributed by atoms with van der Waals surface area (Å²) in [5.74, 6) is -0.678. The smallest absolute Gasteiger partial charge is 0.266 e. The Hall–Kier alpha value is -4.28. The number of aromatic hydroxyl groups is 1. The Morgan fingerprint density at radius 3 is 2.52 bits per heavy atom. The van der Waals surface area contributed by atoms with Crippen molar-refractivity contribution in [1.82, 2.24) is 0 Å². The van der Waals surface area contributed by atoms with Crippen LogP contribution in [0.3, 0.4) is 0 Å². The number of carbonyl (C=O) groups is 2. The molecular formula is C25H20ClN3O4. The van der Waals surface area contributed by atoms with E-state index in [0.29, 0.717) is 22.0 Å². The first-order valence-electron chi connectivity index (χ1n) is 9.85. The number of ether oxygens (including phenoxy) is 1. The number of carbonyl (C=O) groups excluding carboxylic acids is 2. The molecule has 0 radical (unpaired) electrons. The van der Waals surface area contributed by atoms with Gasteiger partial charge in [0, 0.05) is 22.0 Å². The lowest BCUT2D eigenvalue weighted by molar-refractivity contribution is -0.118. The van der Waals surface area contributed by atoms with E-state index in [2.05, 4.69) is 10.6 Å². The zero-order chi connectivity index (χ0) is 23.8. The summed E-state index contributed by atoms with van der Waals surface area (Å²) in [6.45, 7) is 1.64. The Balaban J connectivity index is 1.74. The number of nitrogens with zero attached hydrogens (tertiary/aromatic N) is 1. The van der Waals surface area contributed by atoms with Crippen molar-refractivity contribution in [3.63, 3.8) is 0 Å². The molecule has 2 amide bonds. The lowest BCUT2D eigenvalue weighted by Gasteiger charge is -2.11. The zero-order valence-corrected chi connectivity index (χ0v) is 18.4. The number of hydrogen-bond acceptors (Lipinski definition) is 5. The number of rotatable bonds is 7. The zero-order valence-electron chi connectivity index (χ0n) is 17.6. The fourth-order valence-corrected chi connectivity index (χ4v) is 3.05. The van der Waals surface area contributed by atoms with Crippen LogP contribution in [0.4, 0.5) is 11.4 Å². The number of benzene rings is 3. The van der Waals surface area contributed by atoms with Gasteiger partial charge in [0.1, 0.15) is 23.1 Å². The van der Waals surface area contributed by atoms with Crippen LogP contribution in [-0.4, -0.2) is 23.5 Å². The average Bonchev–Trinajstić information content (AvgIpc) is 2.78. The average molecular weight is 462 g/mol. The third-order valence-corrected chi connectivity index (χ3v) is 4.66. The Kier molecular flexibility index (Phi) is 7.68. The summed E-state index contributed by atoms with van der Waals surface area (Å²) < 4.78 is 5.63. The number of hydrogen-bond donors (Lipinski definition) is 3. The van der Waals surface area contributed by atoms with Crippen LogP contribution >= 0.6 is 11.6 Å². The van der Waals surface area contributed by atoms with E-state index in [1.807, 2.05) is 31.2 Å². The highest BCUT2D eigenvalue weighted by atomic mass is 35.5. The van der Waals surface area contributed by atoms with Gasteiger partial charge in [0.25, 0.3) is 11.8 Å². The molecule has 7 nitrogen and oxygen atoms in total. The van der Waals surface area contributed by atoms with Gasteiger partial charge in [-0.3, -0.25) is 9.59 Å². The molecule has 0 bridgehead atoms. The van der Waals surface area contributed by atoms with E-state index in [1.165, 1.54) is 36.4 Å². The predicted molar refractivity (Wildman–Crippen MR) is 127 cm³/mol. The second-order valence-electron chi connectivity index (χ2n) is 7.06. The number of nitrogens with one attached hydrogen (secondary N) is 2. The molecule has 3 aromatic carbocycles. The van der Waals surface area contributed by atoms with Gasteiger partial charge in [-0.05, 0) is 73.2 Å². The van der Waals surface area contributed by atoms with Crippen molar-refractivity contribution in [1.29, 1.82) is 5.26 Å². The van der Waals surface area contributed by atoms with E-state index in [0.717, 1.165) is 5.56 Å². The molecule has 8 heteroatoms. The van der Waals surface area contributed by atoms with Crippen LogP contribution in [0, 0.1) is 18.3 Å². The second-order valence-corrected chi connectivity index (χ2v) is 7.50. The van der Waals surface area contributed by atoms with Crippen LogP contribution in [0.5, 0.6) is 11.5 Å². The maximum absolute atomic E-state index is 12.5. The molecule has 0 spiro atoms. The second kappa shape index (κ2) is 10.8. The minimum absolute atomic E-state index is 0.0520. The number of phenolic OH excluding ortho intramolecular Hbond substituents is 1. The minimum Gasteiger partial charge on any atom is -0.508 e. The Morgan fingerprint density at radius 1 is 1.06 bits per heavy atom. The summed E-state index contributed by atoms with van der Waals surface area (Å²) in [5.41, 5.74) is 2.24. The van der Waals surface area contributed by atoms with E-state index >= 15 is 0 Å². The first-order valence-corrected chi connectivity index (χ1v) is 10.2. The van der Waals surface area contributed by atoms with Gasteiger partial charge in [-0.2, -0.15) is 5.26 Å². The summed E-state index contributed by atoms with van der Waals surface area (Å²) in [6.07, 6.45) is 1.33. The molecule has 0 fully saturated rings. The van der Waals surface area contributed by atoms with Gasteiger partial charge in [0.2, 0.25) is 0 Å². The molecular weight excluding hydrogens is 442 g/mol. The fraction of sp³-hybridized carbons (Fsp3) is 0.0800. The molecule has 33 heavy (non-hydrogen) atoms. The molecule has 166 valence electrons. The van der Waals surface area contributed by atoms with Crippen molar-refractivity contribution in [3.8, 4) is 17.6 Å². The Morgan fingerprint density at radius 2 is 1.82 bits per heavy atom. The lowest BCUT2D eigenvalue weighted by atomic mass is 10.1. The molecule has 0 unspecified atom stereocenters. The van der Waals surface area contributed by atoms with E-state index < -0.39 is 5.91 Å². The van der Waals surface area contributed by atoms with Crippen molar-refractivity contribution in [2.75, 3.05) is 17.2 Å². The molecule has 0 aromatic heterocycles. The number of aryl methyl sites for hydroxylation is 1. The largest absolute Gasteiger partial charge is 0.508 e. The predicted octanol–water partition coefficient (Wildman–Crippen LogP) is 4.92. The van der Waals surface area contributed by atoms with E-state index in [1.54, 1.807) is 18.2 Å². The van der Waals surface area contributed by atoms with Crippen LogP contribution in [0.25, 0.3) is 6.08 Å². The molecule has 0 heterocycles. The maximum atomic E-state index is 12.5. The van der Waals surface area contributed by atoms with Crippen LogP contribution in [0.2, 0.25) is 5.02 Å². The van der Waals surface area contributed by atoms with E-state index in [9.17, 15) is 20.0 Å². The van der Waals surface area contributed by atoms with Crippen LogP contribution in [-0.2, 0) is 9.59 Å². The van der Waals surface area contributed by atoms with Crippen molar-refractivity contribution in [2.24, 2.45) is 0 Å². The van der Waals surface area contributed by atoms with Crippen LogP contribution in [0.1, 0.15) is 11.1 Å². The molecule has 0 aliphatic carbocycles. The molecule has 0 saturated carbocycles. The minimum atomic E-state index is -0.647. The summed E-state index contributed by atoms with van der Waals surface area (Å²) in [6, 6.07) is 19.7. The van der Waals surface area contributed by atoms with E-state index in [4.69, 9.17) is 16.3 Å². The Bertz CT molecular complexity index is 1250. The van der Waals surface area contributed by atoms with Gasteiger partial charge in [0.15, 0.2) is 6.61 Å². The molecule has 3 N–H and O–H groups in total. The van der Waals surface area contributed by atoms with Crippen molar-refractivity contribution >= 4 is 40.9 Å². The van der Waals surface area contributed by atoms with Gasteiger partial charge in [0.05, 0.1) is 0 Å². The first-order chi connectivity index (χ1) is 15.8. The van der Waals surface area contributed by atoms with Crippen molar-refractivity contribution in [2.45, 2.75) is 6.92 Å². The number of anilines is 2. The van der Waals surface area contributed by atoms with Gasteiger partial charge < -0.3 is 20.5 Å². The summed E-state index contributed by atoms with van der Waals surface area (Å²) in [4.78, 5) is 24.8. The number of phenols is 1. The standard InChI is InChI=1S/C25H20ClN3O4/c1-16-3-2-4-21(11-16)28-24(31)15-33-23-10-5-19(26)13-17(23)12-18(14-27)25(32)29-20-6-8-22(30)9-7-20/h2-13,30H,15H2,1H3,(H,28,31)(H,29,32)/b18-12+. The lowest BCUT2D eigenvalue weighted by Crippen LogP contribution is -2.20. The van der Waals surface area contributed by atoms with Crippen molar-refractivity contribution in [3.05, 3.63) is 88.5 Å². The highest BCUT2D eigenvalue weighted by Crippen LogP contribution is 2.26. The van der Waals surface area contributed by atoms with Gasteiger partial charge >= 0.3 is 0 Å². The monoisotopic (exact) mass is 461 g/mol. The quantitative estimate of drug-likeness (QED) is 0.263. The normalized spacial score (nSPS) is 10.8. The van der Waals surface area contributed by atoms with Crippen molar-refractivity contribution < 1.29 is 19.4 Å². The van der Waals surface area contributed by atoms with Crippen LogP contribution in [0.15, 0.2) is 72.3 Å². The third-order valence-electron chi connectivity index (χ3n) is 4.42. The van der Waals surface area contributed by atoms with Crippen LogP contribution < -0.4 is 15.4 Å². The van der Waals surface area contributed by atoms with Gasteiger partial charge in [-0.25, -0.2) is 0 Å². The molecule has 0 aliphatic rings. The molecule has 0 atom stereocenters. The number of nitriles is 1. The maximum Gasteiger partial charge on any atom is 0.266 e.